The molecule has 2 unspecified atom stereocenters. The first kappa shape index (κ1) is 49.5. The maximum Gasteiger partial charge on any atom is 0.343 e. The van der Waals surface area contributed by atoms with Gasteiger partial charge >= 0.3 is 11.9 Å². The number of benzene rings is 2. The number of carbonyl (C=O) groups is 2. The predicted octanol–water partition coefficient (Wildman–Crippen LogP) is 10.1. The van der Waals surface area contributed by atoms with E-state index in [-0.39, 0.29) is 67.6 Å². The largest absolute Gasteiger partial charge is 0.487 e. The number of pyridine rings is 2. The Morgan fingerprint density at radius 1 is 0.719 bits per heavy atom. The Kier molecular flexibility index (Phi) is 19.0. The van der Waals surface area contributed by atoms with Gasteiger partial charge in [-0.25, -0.2) is 9.59 Å². The van der Waals surface area contributed by atoms with Crippen molar-refractivity contribution in [2.24, 2.45) is 0 Å². The van der Waals surface area contributed by atoms with Crippen LogP contribution in [0.25, 0.3) is 20.4 Å². The monoisotopic (exact) mass is 982 g/mol. The number of fused-ring (bicyclic) bond motifs is 4. The minimum Gasteiger partial charge on any atom is -0.487 e. The second kappa shape index (κ2) is 24.5. The van der Waals surface area contributed by atoms with Crippen LogP contribution in [0.1, 0.15) is 81.5 Å². The van der Waals surface area contributed by atoms with Crippen molar-refractivity contribution in [2.75, 3.05) is 45.0 Å². The molecule has 344 valence electrons. The molecule has 6 aromatic rings. The number of hydrogen-bond donors (Lipinski definition) is 1. The summed E-state index contributed by atoms with van der Waals surface area (Å²) in [6.07, 6.45) is 3.25. The Bertz CT molecular complexity index is 2580. The molecule has 0 aliphatic carbocycles. The number of alkyl halides is 1. The fourth-order valence-corrected chi connectivity index (χ4v) is 8.63. The van der Waals surface area contributed by atoms with Crippen LogP contribution < -0.4 is 39.5 Å². The normalized spacial score (nSPS) is 14.5. The van der Waals surface area contributed by atoms with Crippen molar-refractivity contribution in [3.05, 3.63) is 103 Å². The number of hydrogen-bond acceptors (Lipinski definition) is 14. The van der Waals surface area contributed by atoms with E-state index in [0.717, 1.165) is 42.5 Å². The van der Waals surface area contributed by atoms with Crippen LogP contribution in [0.5, 0.6) is 34.5 Å². The molecule has 0 saturated heterocycles. The van der Waals surface area contributed by atoms with Crippen LogP contribution in [-0.4, -0.2) is 78.7 Å². The van der Waals surface area contributed by atoms with E-state index in [1.54, 1.807) is 24.5 Å². The summed E-state index contributed by atoms with van der Waals surface area (Å²) in [7, 11) is 0. The topological polar surface area (TPSA) is 163 Å². The van der Waals surface area contributed by atoms with Gasteiger partial charge in [0.15, 0.2) is 29.1 Å². The molecular weight excluding hydrogens is 929 g/mol. The van der Waals surface area contributed by atoms with Gasteiger partial charge in [0.05, 0.1) is 53.4 Å². The van der Waals surface area contributed by atoms with Crippen molar-refractivity contribution < 1.29 is 47.5 Å². The minimum atomic E-state index is -0.545. The summed E-state index contributed by atoms with van der Waals surface area (Å²) in [4.78, 5) is 53.1. The van der Waals surface area contributed by atoms with E-state index in [1.165, 1.54) is 22.7 Å². The molecule has 0 amide bonds. The second-order valence-electron chi connectivity index (χ2n) is 14.1. The number of rotatable bonds is 15. The van der Waals surface area contributed by atoms with Gasteiger partial charge in [-0.2, -0.15) is 0 Å². The number of esters is 2. The summed E-state index contributed by atoms with van der Waals surface area (Å²) < 4.78 is 47.5. The Balaban J connectivity index is 0.000000199. The van der Waals surface area contributed by atoms with Gasteiger partial charge < -0.3 is 47.4 Å². The third-order valence-electron chi connectivity index (χ3n) is 9.54. The lowest BCUT2D eigenvalue weighted by atomic mass is 10.2. The van der Waals surface area contributed by atoms with Gasteiger partial charge in [0.1, 0.15) is 30.4 Å². The zero-order valence-electron chi connectivity index (χ0n) is 35.6. The number of aromatic amines is 1. The fourth-order valence-electron chi connectivity index (χ4n) is 6.50. The van der Waals surface area contributed by atoms with Crippen LogP contribution in [0.4, 0.5) is 0 Å². The van der Waals surface area contributed by atoms with Crippen molar-refractivity contribution in [3.63, 3.8) is 0 Å². The van der Waals surface area contributed by atoms with E-state index in [0.29, 0.717) is 58.4 Å². The summed E-state index contributed by atoms with van der Waals surface area (Å²) in [5.41, 5.74) is 0.962. The van der Waals surface area contributed by atoms with Gasteiger partial charge in [-0.15, -0.1) is 22.7 Å². The lowest BCUT2D eigenvalue weighted by Crippen LogP contribution is -2.37. The van der Waals surface area contributed by atoms with Crippen LogP contribution in [0.15, 0.2) is 81.0 Å². The number of H-pyrrole nitrogens is 1. The summed E-state index contributed by atoms with van der Waals surface area (Å²) in [6, 6.07) is 18.8. The van der Waals surface area contributed by atoms with E-state index >= 15 is 0 Å². The molecular formula is C47H55BrN2O12S2. The van der Waals surface area contributed by atoms with Crippen molar-refractivity contribution in [1.82, 2.24) is 9.55 Å². The van der Waals surface area contributed by atoms with Crippen molar-refractivity contribution in [3.8, 4) is 34.5 Å². The first-order valence-electron chi connectivity index (χ1n) is 20.9. The van der Waals surface area contributed by atoms with E-state index in [1.807, 2.05) is 79.2 Å². The van der Waals surface area contributed by atoms with Crippen molar-refractivity contribution in [1.29, 1.82) is 0 Å². The molecule has 1 N–H and O–H groups in total. The zero-order valence-corrected chi connectivity index (χ0v) is 38.8. The van der Waals surface area contributed by atoms with Gasteiger partial charge in [-0.05, 0) is 73.8 Å². The summed E-state index contributed by atoms with van der Waals surface area (Å²) >= 11 is 6.12. The molecule has 14 nitrogen and oxygen atoms in total. The third kappa shape index (κ3) is 12.0. The third-order valence-corrected chi connectivity index (χ3v) is 12.1. The number of unbranched alkanes of at least 4 members (excludes halogenated alkanes) is 2. The number of nitrogens with one attached hydrogen (secondary N) is 1. The fraction of sp³-hybridized carbons (Fsp3) is 0.404. The molecule has 6 heterocycles. The van der Waals surface area contributed by atoms with Gasteiger partial charge in [0.2, 0.25) is 11.5 Å². The number of thiophene rings is 2. The van der Waals surface area contributed by atoms with Crippen LogP contribution in [0.3, 0.4) is 0 Å². The van der Waals surface area contributed by atoms with E-state index in [4.69, 9.17) is 37.9 Å². The lowest BCUT2D eigenvalue weighted by molar-refractivity contribution is 0.0513. The lowest BCUT2D eigenvalue weighted by Gasteiger charge is -2.27. The molecule has 2 aliphatic rings. The molecule has 17 heteroatoms. The maximum absolute atomic E-state index is 13.5. The Labute approximate surface area is 388 Å². The van der Waals surface area contributed by atoms with Gasteiger partial charge in [-0.1, -0.05) is 74.3 Å². The quantitative estimate of drug-likeness (QED) is 0.0590. The molecule has 0 saturated carbocycles. The number of carbonyl (C=O) groups excluding carboxylic acids is 2. The van der Waals surface area contributed by atoms with E-state index < -0.39 is 17.5 Å². The predicted molar refractivity (Wildman–Crippen MR) is 254 cm³/mol. The summed E-state index contributed by atoms with van der Waals surface area (Å²) in [6.45, 7) is 9.99. The number of nitrogens with zero attached hydrogens (tertiary/aromatic N) is 1. The smallest absolute Gasteiger partial charge is 0.343 e. The first-order chi connectivity index (χ1) is 30.7. The molecule has 0 spiro atoms. The zero-order chi connectivity index (χ0) is 44.7. The van der Waals surface area contributed by atoms with Crippen LogP contribution in [0, 0.1) is 0 Å². The highest BCUT2D eigenvalue weighted by Gasteiger charge is 2.29. The standard InChI is InChI=1S/C23H25NO6S.C14H17NO4S.C9H9BrO2.CH4/c1-3-5-11-28-20-19(23(26)27-4-2)21-16(10-12-31-21)24(22(20)25)13-15-14-29-17-8-6-7-9-18(17)30-15;1-3-5-7-19-11-10(14(17)18-4-2)12-9(6-8-20-12)15-13(11)16;10-5-7-6-11-8-3-1-2-4-9(8)12-7;/h6-10,12,15H,3-5,11,13-14H2,1-2H3;6,8H,3-5,7H2,1-2H3,(H,15,16);1-4,7H,5-6H2;1H4. The van der Waals surface area contributed by atoms with Crippen molar-refractivity contribution in [2.45, 2.75) is 79.6 Å². The van der Waals surface area contributed by atoms with Crippen LogP contribution >= 0.6 is 38.6 Å². The highest BCUT2D eigenvalue weighted by Crippen LogP contribution is 2.35. The van der Waals surface area contributed by atoms with Crippen LogP contribution in [0.2, 0.25) is 0 Å². The average Bonchev–Trinajstić information content (AvgIpc) is 3.98. The summed E-state index contributed by atoms with van der Waals surface area (Å²) in [5.74, 6) is 2.06. The summed E-state index contributed by atoms with van der Waals surface area (Å²) in [5, 5.41) is 4.48. The number of aromatic nitrogens is 2. The highest BCUT2D eigenvalue weighted by molar-refractivity contribution is 9.09. The number of ether oxygens (including phenoxy) is 8. The van der Waals surface area contributed by atoms with Gasteiger partial charge in [0, 0.05) is 5.33 Å². The number of para-hydroxylation sites is 4. The Morgan fingerprint density at radius 2 is 1.23 bits per heavy atom. The first-order valence-corrected chi connectivity index (χ1v) is 23.8. The average molecular weight is 984 g/mol. The molecule has 8 rings (SSSR count). The van der Waals surface area contributed by atoms with E-state index in [9.17, 15) is 19.2 Å². The van der Waals surface area contributed by atoms with Crippen LogP contribution in [-0.2, 0) is 16.0 Å². The van der Waals surface area contributed by atoms with Crippen molar-refractivity contribution >= 4 is 71.0 Å². The molecule has 64 heavy (non-hydrogen) atoms. The minimum absolute atomic E-state index is 0. The highest BCUT2D eigenvalue weighted by atomic mass is 79.9. The van der Waals surface area contributed by atoms with E-state index in [2.05, 4.69) is 20.9 Å². The molecule has 0 bridgehead atoms. The SMILES string of the molecule is BrCC1COc2ccccc2O1.C.CCCCOc1c(C(=O)OCC)c2sccc2[nH]c1=O.CCCCOc1c(C(=O)OCC)c2sccc2n(CC2COc3ccccc3O2)c1=O. The maximum atomic E-state index is 13.5. The molecule has 2 atom stereocenters. The molecule has 0 radical (unpaired) electrons. The Morgan fingerprint density at radius 3 is 1.81 bits per heavy atom. The number of halogens is 1. The molecule has 4 aromatic heterocycles. The molecule has 0 fully saturated rings. The molecule has 2 aromatic carbocycles. The van der Waals surface area contributed by atoms with Gasteiger partial charge in [-0.3, -0.25) is 9.59 Å². The Hall–Kier alpha value is -5.52. The molecule has 2 aliphatic heterocycles. The van der Waals surface area contributed by atoms with Gasteiger partial charge in [0.25, 0.3) is 11.1 Å². The second-order valence-corrected chi connectivity index (χ2v) is 16.6.